The number of fused-ring (bicyclic) bond motifs is 2. The van der Waals surface area contributed by atoms with Crippen molar-refractivity contribution < 1.29 is 14.7 Å². The standard InChI is InChI=1S/C23H27NO3/c1-23(2)18-13-14-19(23)24(27-15-16-9-5-3-6-10-16)22(26)20(18)21(25)17-11-7-4-8-12-17/h3-12,18-21,25H,13-15H2,1-2H3/t18-,19-,20?,21+/m0/s1. The SMILES string of the molecule is CC1(C)[C@@H]2CC[C@H]1C([C@H](O)c1ccccc1)C(=O)N2OCc1ccccc1. The second-order valence-electron chi connectivity index (χ2n) is 8.33. The first-order valence-corrected chi connectivity index (χ1v) is 9.73. The van der Waals surface area contributed by atoms with Gasteiger partial charge in [0.25, 0.3) is 5.91 Å². The zero-order valence-corrected chi connectivity index (χ0v) is 15.9. The van der Waals surface area contributed by atoms with Crippen LogP contribution in [-0.4, -0.2) is 22.1 Å². The van der Waals surface area contributed by atoms with Gasteiger partial charge in [-0.15, -0.1) is 0 Å². The van der Waals surface area contributed by atoms with Crippen molar-refractivity contribution in [3.63, 3.8) is 0 Å². The predicted molar refractivity (Wildman–Crippen MR) is 103 cm³/mol. The van der Waals surface area contributed by atoms with Crippen molar-refractivity contribution in [2.75, 3.05) is 0 Å². The van der Waals surface area contributed by atoms with Gasteiger partial charge in [-0.05, 0) is 35.3 Å². The van der Waals surface area contributed by atoms with Crippen LogP contribution >= 0.6 is 0 Å². The fraction of sp³-hybridized carbons (Fsp3) is 0.435. The largest absolute Gasteiger partial charge is 0.388 e. The molecular weight excluding hydrogens is 338 g/mol. The predicted octanol–water partition coefficient (Wildman–Crippen LogP) is 4.12. The summed E-state index contributed by atoms with van der Waals surface area (Å²) in [5, 5.41) is 12.6. The summed E-state index contributed by atoms with van der Waals surface area (Å²) in [5.74, 6) is -0.409. The molecule has 1 aliphatic carbocycles. The number of amides is 1. The van der Waals surface area contributed by atoms with Crippen LogP contribution in [0.15, 0.2) is 60.7 Å². The molecule has 4 nitrogen and oxygen atoms in total. The van der Waals surface area contributed by atoms with Crippen LogP contribution in [0.25, 0.3) is 0 Å². The average Bonchev–Trinajstić information content (AvgIpc) is 2.89. The number of hydroxylamine groups is 2. The zero-order chi connectivity index (χ0) is 19.0. The molecule has 1 aliphatic heterocycles. The highest BCUT2D eigenvalue weighted by Crippen LogP contribution is 2.55. The number of piperidine rings is 1. The van der Waals surface area contributed by atoms with E-state index in [4.69, 9.17) is 4.84 Å². The molecule has 0 radical (unpaired) electrons. The van der Waals surface area contributed by atoms with Crippen LogP contribution in [0.5, 0.6) is 0 Å². The Morgan fingerprint density at radius 1 is 1.07 bits per heavy atom. The van der Waals surface area contributed by atoms with Gasteiger partial charge in [0.15, 0.2) is 0 Å². The molecule has 2 aromatic carbocycles. The Hall–Kier alpha value is -2.17. The van der Waals surface area contributed by atoms with Crippen LogP contribution in [0.4, 0.5) is 0 Å². The molecule has 2 aliphatic rings. The summed E-state index contributed by atoms with van der Waals surface area (Å²) >= 11 is 0. The first-order valence-electron chi connectivity index (χ1n) is 9.73. The maximum absolute atomic E-state index is 13.4. The van der Waals surface area contributed by atoms with Crippen LogP contribution in [0.2, 0.25) is 0 Å². The van der Waals surface area contributed by atoms with E-state index in [1.807, 2.05) is 60.7 Å². The lowest BCUT2D eigenvalue weighted by atomic mass is 9.67. The number of hydrogen-bond acceptors (Lipinski definition) is 3. The second-order valence-corrected chi connectivity index (χ2v) is 8.33. The minimum absolute atomic E-state index is 0.0536. The Morgan fingerprint density at radius 2 is 1.70 bits per heavy atom. The number of nitrogens with zero attached hydrogens (tertiary/aromatic N) is 1. The molecule has 2 aromatic rings. The number of aliphatic hydroxyl groups is 1. The van der Waals surface area contributed by atoms with E-state index in [0.29, 0.717) is 6.61 Å². The van der Waals surface area contributed by atoms with Crippen molar-refractivity contribution >= 4 is 5.91 Å². The average molecular weight is 365 g/mol. The molecule has 2 fully saturated rings. The molecule has 1 saturated heterocycles. The number of carbonyl (C=O) groups is 1. The van der Waals surface area contributed by atoms with Gasteiger partial charge in [0.2, 0.25) is 0 Å². The van der Waals surface area contributed by atoms with Gasteiger partial charge in [-0.3, -0.25) is 9.63 Å². The van der Waals surface area contributed by atoms with E-state index >= 15 is 0 Å². The fourth-order valence-corrected chi connectivity index (χ4v) is 4.95. The summed E-state index contributed by atoms with van der Waals surface area (Å²) in [7, 11) is 0. The third kappa shape index (κ3) is 3.17. The van der Waals surface area contributed by atoms with Gasteiger partial charge in [0.05, 0.1) is 18.1 Å². The Labute approximate surface area is 160 Å². The van der Waals surface area contributed by atoms with E-state index in [2.05, 4.69) is 13.8 Å². The minimum atomic E-state index is -0.815. The highest BCUT2D eigenvalue weighted by Gasteiger charge is 2.59. The quantitative estimate of drug-likeness (QED) is 0.867. The van der Waals surface area contributed by atoms with Gasteiger partial charge < -0.3 is 5.11 Å². The van der Waals surface area contributed by atoms with Crippen molar-refractivity contribution in [3.05, 3.63) is 71.8 Å². The molecule has 1 saturated carbocycles. The molecule has 0 spiro atoms. The van der Waals surface area contributed by atoms with Crippen molar-refractivity contribution in [1.82, 2.24) is 5.06 Å². The summed E-state index contributed by atoms with van der Waals surface area (Å²) < 4.78 is 0. The van der Waals surface area contributed by atoms with E-state index in [9.17, 15) is 9.90 Å². The highest BCUT2D eigenvalue weighted by molar-refractivity contribution is 5.81. The molecule has 1 heterocycles. The van der Waals surface area contributed by atoms with Gasteiger partial charge in [0.1, 0.15) is 6.61 Å². The van der Waals surface area contributed by atoms with Crippen molar-refractivity contribution in [2.24, 2.45) is 17.3 Å². The topological polar surface area (TPSA) is 49.8 Å². The minimum Gasteiger partial charge on any atom is -0.388 e. The van der Waals surface area contributed by atoms with Gasteiger partial charge in [0, 0.05) is 0 Å². The zero-order valence-electron chi connectivity index (χ0n) is 15.9. The summed E-state index contributed by atoms with van der Waals surface area (Å²) in [4.78, 5) is 19.4. The van der Waals surface area contributed by atoms with Crippen LogP contribution in [-0.2, 0) is 16.2 Å². The molecule has 27 heavy (non-hydrogen) atoms. The monoisotopic (exact) mass is 365 g/mol. The summed E-state index contributed by atoms with van der Waals surface area (Å²) in [5.41, 5.74) is 1.73. The fourth-order valence-electron chi connectivity index (χ4n) is 4.95. The number of carbonyl (C=O) groups excluding carboxylic acids is 1. The van der Waals surface area contributed by atoms with Crippen molar-refractivity contribution in [3.8, 4) is 0 Å². The highest BCUT2D eigenvalue weighted by atomic mass is 16.7. The Bertz CT molecular complexity index is 790. The summed E-state index contributed by atoms with van der Waals surface area (Å²) in [6, 6.07) is 19.4. The lowest BCUT2D eigenvalue weighted by Gasteiger charge is -2.48. The van der Waals surface area contributed by atoms with Gasteiger partial charge in [-0.1, -0.05) is 74.5 Å². The second kappa shape index (κ2) is 7.10. The van der Waals surface area contributed by atoms with E-state index in [1.165, 1.54) is 0 Å². The third-order valence-corrected chi connectivity index (χ3v) is 6.48. The van der Waals surface area contributed by atoms with Crippen LogP contribution in [0.1, 0.15) is 43.9 Å². The molecule has 142 valence electrons. The van der Waals surface area contributed by atoms with Gasteiger partial charge in [-0.2, -0.15) is 0 Å². The lowest BCUT2D eigenvalue weighted by molar-refractivity contribution is -0.239. The summed E-state index contributed by atoms with van der Waals surface area (Å²) in [6.07, 6.45) is 1.03. The number of rotatable bonds is 5. The summed E-state index contributed by atoms with van der Waals surface area (Å²) in [6.45, 7) is 4.76. The number of benzene rings is 2. The molecule has 1 N–H and O–H groups in total. The van der Waals surface area contributed by atoms with Crippen LogP contribution in [0, 0.1) is 17.3 Å². The van der Waals surface area contributed by atoms with Gasteiger partial charge >= 0.3 is 0 Å². The molecule has 1 unspecified atom stereocenters. The molecular formula is C23H27NO3. The molecule has 2 bridgehead atoms. The maximum atomic E-state index is 13.4. The first kappa shape index (κ1) is 18.2. The molecule has 4 rings (SSSR count). The first-order chi connectivity index (χ1) is 13.0. The van der Waals surface area contributed by atoms with Crippen LogP contribution < -0.4 is 0 Å². The molecule has 4 heteroatoms. The van der Waals surface area contributed by atoms with Crippen molar-refractivity contribution in [2.45, 2.75) is 45.4 Å². The normalized spacial score (nSPS) is 27.6. The molecule has 1 amide bonds. The van der Waals surface area contributed by atoms with E-state index in [1.54, 1.807) is 5.06 Å². The van der Waals surface area contributed by atoms with E-state index in [-0.39, 0.29) is 23.3 Å². The maximum Gasteiger partial charge on any atom is 0.252 e. The molecule has 0 aromatic heterocycles. The van der Waals surface area contributed by atoms with E-state index < -0.39 is 12.0 Å². The van der Waals surface area contributed by atoms with Gasteiger partial charge in [-0.25, -0.2) is 5.06 Å². The Morgan fingerprint density at radius 3 is 2.37 bits per heavy atom. The Kier molecular flexibility index (Phi) is 4.79. The van der Waals surface area contributed by atoms with Crippen molar-refractivity contribution in [1.29, 1.82) is 0 Å². The lowest BCUT2D eigenvalue weighted by Crippen LogP contribution is -2.57. The van der Waals surface area contributed by atoms with E-state index in [0.717, 1.165) is 24.0 Å². The van der Waals surface area contributed by atoms with Crippen LogP contribution in [0.3, 0.4) is 0 Å². The third-order valence-electron chi connectivity index (χ3n) is 6.48. The smallest absolute Gasteiger partial charge is 0.252 e. The molecule has 4 atom stereocenters. The Balaban J connectivity index is 1.61. The number of hydrogen-bond donors (Lipinski definition) is 1. The number of aliphatic hydroxyl groups excluding tert-OH is 1.